The van der Waals surface area contributed by atoms with Crippen molar-refractivity contribution in [1.82, 2.24) is 14.7 Å². The van der Waals surface area contributed by atoms with Crippen molar-refractivity contribution < 1.29 is 0 Å². The lowest BCUT2D eigenvalue weighted by molar-refractivity contribution is 0.714. The van der Waals surface area contributed by atoms with Crippen molar-refractivity contribution in [2.24, 2.45) is 4.99 Å². The Bertz CT molecular complexity index is 379. The van der Waals surface area contributed by atoms with E-state index in [0.29, 0.717) is 6.04 Å². The van der Waals surface area contributed by atoms with Crippen LogP contribution in [0.4, 0.5) is 5.82 Å². The summed E-state index contributed by atoms with van der Waals surface area (Å²) in [4.78, 5) is 13.5. The van der Waals surface area contributed by atoms with E-state index in [-0.39, 0.29) is 0 Å². The quantitative estimate of drug-likeness (QED) is 0.746. The third-order valence-electron chi connectivity index (χ3n) is 2.11. The van der Waals surface area contributed by atoms with Gasteiger partial charge in [0.15, 0.2) is 5.82 Å². The summed E-state index contributed by atoms with van der Waals surface area (Å²) < 4.78 is 3.12. The molecule has 2 heterocycles. The van der Waals surface area contributed by atoms with E-state index in [2.05, 4.69) is 38.8 Å². The molecule has 2 rings (SSSR count). The van der Waals surface area contributed by atoms with Crippen LogP contribution in [0.15, 0.2) is 22.4 Å². The van der Waals surface area contributed by atoms with E-state index in [1.54, 1.807) is 6.20 Å². The minimum absolute atomic E-state index is 0.309. The number of nitrogens with zero attached hydrogens (tertiary/aromatic N) is 3. The van der Waals surface area contributed by atoms with Crippen LogP contribution in [0.25, 0.3) is 0 Å². The summed E-state index contributed by atoms with van der Waals surface area (Å²) in [6.07, 6.45) is 4.32. The first-order valence-electron chi connectivity index (χ1n) is 4.87. The molecule has 0 aliphatic carbocycles. The lowest BCUT2D eigenvalue weighted by atomic mass is 10.3. The molecule has 1 atom stereocenters. The van der Waals surface area contributed by atoms with Crippen molar-refractivity contribution in [3.63, 3.8) is 0 Å². The highest BCUT2D eigenvalue weighted by atomic mass is 32.2. The van der Waals surface area contributed by atoms with Gasteiger partial charge in [0.1, 0.15) is 6.33 Å². The van der Waals surface area contributed by atoms with E-state index in [9.17, 15) is 0 Å². The first-order chi connectivity index (χ1) is 7.29. The molecule has 0 aromatic carbocycles. The van der Waals surface area contributed by atoms with Gasteiger partial charge >= 0.3 is 0 Å². The number of hydrogen-bond acceptors (Lipinski definition) is 4. The van der Waals surface area contributed by atoms with E-state index in [1.165, 1.54) is 18.3 Å². The van der Waals surface area contributed by atoms with Gasteiger partial charge in [-0.05, 0) is 25.3 Å². The van der Waals surface area contributed by atoms with Crippen LogP contribution in [-0.2, 0) is 0 Å². The van der Waals surface area contributed by atoms with Gasteiger partial charge in [-0.25, -0.2) is 15.0 Å². The van der Waals surface area contributed by atoms with Crippen LogP contribution in [0.3, 0.4) is 0 Å². The Labute approximate surface area is 92.9 Å². The normalized spacial score (nSPS) is 18.9. The smallest absolute Gasteiger partial charge is 0.207 e. The molecule has 1 aromatic heterocycles. The van der Waals surface area contributed by atoms with Gasteiger partial charge in [0, 0.05) is 6.20 Å². The molecule has 0 bridgehead atoms. The van der Waals surface area contributed by atoms with Gasteiger partial charge in [0.2, 0.25) is 5.96 Å². The highest BCUT2D eigenvalue weighted by Gasteiger charge is 2.14. The Kier molecular flexibility index (Phi) is 3.05. The molecule has 5 nitrogen and oxygen atoms in total. The fourth-order valence-corrected chi connectivity index (χ4v) is 1.72. The Morgan fingerprint density at radius 1 is 1.60 bits per heavy atom. The van der Waals surface area contributed by atoms with E-state index < -0.39 is 0 Å². The predicted molar refractivity (Wildman–Crippen MR) is 61.8 cm³/mol. The first kappa shape index (κ1) is 10.2. The van der Waals surface area contributed by atoms with Crippen molar-refractivity contribution >= 4 is 23.7 Å². The Balaban J connectivity index is 2.15. The summed E-state index contributed by atoms with van der Waals surface area (Å²) in [5, 5.41) is 3.13. The topological polar surface area (TPSA) is 62.2 Å². The van der Waals surface area contributed by atoms with Crippen molar-refractivity contribution in [3.05, 3.63) is 12.5 Å². The van der Waals surface area contributed by atoms with E-state index in [0.717, 1.165) is 23.1 Å². The average Bonchev–Trinajstić information content (AvgIpc) is 2.29. The van der Waals surface area contributed by atoms with Gasteiger partial charge in [0.05, 0.1) is 10.9 Å². The third kappa shape index (κ3) is 2.38. The SMILES string of the molecule is CCC(C)N=C1NSc2cncnc2N1. The lowest BCUT2D eigenvalue weighted by Gasteiger charge is -2.19. The molecule has 80 valence electrons. The number of hydrogen-bond donors (Lipinski definition) is 2. The molecule has 1 aromatic rings. The van der Waals surface area contributed by atoms with Crippen LogP contribution in [0.1, 0.15) is 20.3 Å². The van der Waals surface area contributed by atoms with Crippen LogP contribution in [0.2, 0.25) is 0 Å². The minimum atomic E-state index is 0.309. The average molecular weight is 223 g/mol. The van der Waals surface area contributed by atoms with Crippen molar-refractivity contribution in [2.75, 3.05) is 5.32 Å². The summed E-state index contributed by atoms with van der Waals surface area (Å²) in [6.45, 7) is 4.19. The second-order valence-electron chi connectivity index (χ2n) is 3.30. The second kappa shape index (κ2) is 4.48. The van der Waals surface area contributed by atoms with E-state index in [4.69, 9.17) is 0 Å². The zero-order valence-corrected chi connectivity index (χ0v) is 9.51. The molecule has 0 spiro atoms. The summed E-state index contributed by atoms with van der Waals surface area (Å²) >= 11 is 1.48. The maximum absolute atomic E-state index is 4.47. The van der Waals surface area contributed by atoms with Crippen LogP contribution in [0, 0.1) is 0 Å². The number of nitrogens with one attached hydrogen (secondary N) is 2. The molecule has 2 N–H and O–H groups in total. The lowest BCUT2D eigenvalue weighted by Crippen LogP contribution is -2.31. The molecular weight excluding hydrogens is 210 g/mol. The number of aromatic nitrogens is 2. The van der Waals surface area contributed by atoms with Gasteiger partial charge in [-0.15, -0.1) is 0 Å². The molecule has 0 radical (unpaired) electrons. The molecule has 0 saturated carbocycles. The van der Waals surface area contributed by atoms with E-state index >= 15 is 0 Å². The Morgan fingerprint density at radius 3 is 3.27 bits per heavy atom. The fraction of sp³-hybridized carbons (Fsp3) is 0.444. The maximum Gasteiger partial charge on any atom is 0.207 e. The van der Waals surface area contributed by atoms with Gasteiger partial charge < -0.3 is 5.32 Å². The predicted octanol–water partition coefficient (Wildman–Crippen LogP) is 1.65. The zero-order valence-electron chi connectivity index (χ0n) is 8.69. The van der Waals surface area contributed by atoms with Gasteiger partial charge in [-0.3, -0.25) is 4.72 Å². The molecule has 1 aliphatic heterocycles. The number of rotatable bonds is 2. The largest absolute Gasteiger partial charge is 0.309 e. The van der Waals surface area contributed by atoms with Crippen LogP contribution in [0.5, 0.6) is 0 Å². The Hall–Kier alpha value is -1.30. The molecular formula is C9H13N5S. The molecule has 0 saturated heterocycles. The van der Waals surface area contributed by atoms with Crippen molar-refractivity contribution in [2.45, 2.75) is 31.2 Å². The van der Waals surface area contributed by atoms with Crippen LogP contribution >= 0.6 is 11.9 Å². The molecule has 6 heteroatoms. The second-order valence-corrected chi connectivity index (χ2v) is 4.15. The van der Waals surface area contributed by atoms with Crippen molar-refractivity contribution in [1.29, 1.82) is 0 Å². The maximum atomic E-state index is 4.47. The van der Waals surface area contributed by atoms with Crippen molar-refractivity contribution in [3.8, 4) is 0 Å². The first-order valence-corrected chi connectivity index (χ1v) is 5.69. The standard InChI is InChI=1S/C9H13N5S/c1-3-6(2)12-9-13-8-7(15-14-9)4-10-5-11-8/h4-6H,3H2,1-2H3,(H2,10,11,12,13,14). The highest BCUT2D eigenvalue weighted by molar-refractivity contribution is 7.98. The molecule has 0 fully saturated rings. The minimum Gasteiger partial charge on any atom is -0.309 e. The van der Waals surface area contributed by atoms with Crippen LogP contribution < -0.4 is 10.0 Å². The summed E-state index contributed by atoms with van der Waals surface area (Å²) in [7, 11) is 0. The Morgan fingerprint density at radius 2 is 2.47 bits per heavy atom. The summed E-state index contributed by atoms with van der Waals surface area (Å²) in [5.41, 5.74) is 0. The number of anilines is 1. The highest BCUT2D eigenvalue weighted by Crippen LogP contribution is 2.24. The summed E-state index contributed by atoms with van der Waals surface area (Å²) in [5.74, 6) is 1.58. The molecule has 1 unspecified atom stereocenters. The number of guanidine groups is 1. The fourth-order valence-electron chi connectivity index (χ4n) is 1.10. The monoisotopic (exact) mass is 223 g/mol. The molecule has 15 heavy (non-hydrogen) atoms. The third-order valence-corrected chi connectivity index (χ3v) is 2.93. The van der Waals surface area contributed by atoms with Gasteiger partial charge in [-0.1, -0.05) is 6.92 Å². The zero-order chi connectivity index (χ0) is 10.7. The summed E-state index contributed by atoms with van der Waals surface area (Å²) in [6, 6.07) is 0.309. The molecule has 0 amide bonds. The number of aliphatic imine (C=N–C) groups is 1. The van der Waals surface area contributed by atoms with Crippen LogP contribution in [-0.4, -0.2) is 22.0 Å². The van der Waals surface area contributed by atoms with Gasteiger partial charge in [0.25, 0.3) is 0 Å². The van der Waals surface area contributed by atoms with E-state index in [1.807, 2.05) is 0 Å². The molecule has 1 aliphatic rings. The van der Waals surface area contributed by atoms with Gasteiger partial charge in [-0.2, -0.15) is 0 Å². The number of fused-ring (bicyclic) bond motifs is 1.